The highest BCUT2D eigenvalue weighted by Crippen LogP contribution is 2.45. The predicted molar refractivity (Wildman–Crippen MR) is 119 cm³/mol. The van der Waals surface area contributed by atoms with Crippen LogP contribution in [-0.2, 0) is 4.79 Å². The molecule has 0 atom stereocenters. The number of thioether (sulfide) groups is 2. The third kappa shape index (κ3) is 5.68. The lowest BCUT2D eigenvalue weighted by atomic mass is 10.2. The van der Waals surface area contributed by atoms with E-state index < -0.39 is 0 Å². The number of carbonyl (C=O) groups excluding carboxylic acids is 1. The second kappa shape index (κ2) is 9.71. The molecule has 4 rings (SSSR count). The number of hydrogen-bond acceptors (Lipinski definition) is 6. The first-order valence-corrected chi connectivity index (χ1v) is 11.3. The highest BCUT2D eigenvalue weighted by atomic mass is 32.2. The Bertz CT molecular complexity index is 929. The molecule has 1 amide bonds. The number of nitrogens with zero attached hydrogens (tertiary/aromatic N) is 1. The average molecular weight is 425 g/mol. The Morgan fingerprint density at radius 3 is 2.41 bits per heavy atom. The molecule has 0 saturated carbocycles. The fourth-order valence-electron chi connectivity index (χ4n) is 2.74. The van der Waals surface area contributed by atoms with Crippen molar-refractivity contribution in [2.24, 2.45) is 0 Å². The number of aromatic nitrogens is 1. The Balaban J connectivity index is 1.25. The van der Waals surface area contributed by atoms with Crippen LogP contribution >= 0.6 is 23.5 Å². The number of amides is 1. The van der Waals surface area contributed by atoms with Crippen molar-refractivity contribution >= 4 is 35.1 Å². The van der Waals surface area contributed by atoms with Gasteiger partial charge in [0.1, 0.15) is 11.5 Å². The number of para-hydroxylation sites is 1. The number of hydrogen-bond donors (Lipinski definition) is 1. The summed E-state index contributed by atoms with van der Waals surface area (Å²) in [6, 6.07) is 20.8. The van der Waals surface area contributed by atoms with E-state index in [0.717, 1.165) is 0 Å². The largest absolute Gasteiger partial charge is 0.484 e. The summed E-state index contributed by atoms with van der Waals surface area (Å²) in [5.41, 5.74) is 1.88. The molecule has 1 saturated heterocycles. The molecule has 5 nitrogen and oxygen atoms in total. The molecule has 2 aromatic carbocycles. The molecule has 1 aliphatic heterocycles. The number of carbonyl (C=O) groups is 1. The standard InChI is InChI=1S/C22H20N2O3S2/c25-20(15-26-18-9-6-16(7-10-18)22-28-12-13-29-22)24-17-8-11-21(23-14-17)27-19-4-2-1-3-5-19/h1-11,14,22H,12-13,15H2,(H,24,25). The van der Waals surface area contributed by atoms with Gasteiger partial charge in [-0.1, -0.05) is 30.3 Å². The van der Waals surface area contributed by atoms with Gasteiger partial charge < -0.3 is 14.8 Å². The van der Waals surface area contributed by atoms with E-state index in [1.54, 1.807) is 18.3 Å². The summed E-state index contributed by atoms with van der Waals surface area (Å²) < 4.78 is 11.7. The zero-order valence-electron chi connectivity index (χ0n) is 15.6. The fourth-order valence-corrected chi connectivity index (χ4v) is 5.60. The first-order chi connectivity index (χ1) is 14.3. The van der Waals surface area contributed by atoms with Crippen LogP contribution in [0.2, 0.25) is 0 Å². The van der Waals surface area contributed by atoms with Crippen molar-refractivity contribution < 1.29 is 14.3 Å². The van der Waals surface area contributed by atoms with Gasteiger partial charge in [-0.25, -0.2) is 4.98 Å². The van der Waals surface area contributed by atoms with E-state index >= 15 is 0 Å². The highest BCUT2D eigenvalue weighted by Gasteiger charge is 2.18. The third-order valence-electron chi connectivity index (χ3n) is 4.13. The van der Waals surface area contributed by atoms with Crippen molar-refractivity contribution in [2.45, 2.75) is 4.58 Å². The van der Waals surface area contributed by atoms with Crippen molar-refractivity contribution in [3.63, 3.8) is 0 Å². The summed E-state index contributed by atoms with van der Waals surface area (Å²) in [5.74, 6) is 4.01. The minimum absolute atomic E-state index is 0.0610. The highest BCUT2D eigenvalue weighted by molar-refractivity contribution is 8.19. The Kier molecular flexibility index (Phi) is 6.59. The molecule has 0 spiro atoms. The normalized spacial score (nSPS) is 13.8. The smallest absolute Gasteiger partial charge is 0.262 e. The number of anilines is 1. The zero-order chi connectivity index (χ0) is 19.9. The SMILES string of the molecule is O=C(COc1ccc(C2SCCS2)cc1)Nc1ccc(Oc2ccccc2)nc1. The lowest BCUT2D eigenvalue weighted by Gasteiger charge is -2.11. The van der Waals surface area contributed by atoms with Crippen LogP contribution in [0.4, 0.5) is 5.69 Å². The van der Waals surface area contributed by atoms with Crippen molar-refractivity contribution in [2.75, 3.05) is 23.4 Å². The van der Waals surface area contributed by atoms with Gasteiger partial charge in [-0.3, -0.25) is 4.79 Å². The van der Waals surface area contributed by atoms with Crippen molar-refractivity contribution in [3.05, 3.63) is 78.5 Å². The van der Waals surface area contributed by atoms with Crippen LogP contribution in [0.1, 0.15) is 10.1 Å². The van der Waals surface area contributed by atoms with Crippen LogP contribution in [0.5, 0.6) is 17.4 Å². The van der Waals surface area contributed by atoms with E-state index in [2.05, 4.69) is 22.4 Å². The molecule has 0 aliphatic carbocycles. The molecule has 0 bridgehead atoms. The van der Waals surface area contributed by atoms with Gasteiger partial charge in [-0.15, -0.1) is 23.5 Å². The lowest BCUT2D eigenvalue weighted by molar-refractivity contribution is -0.118. The summed E-state index contributed by atoms with van der Waals surface area (Å²) in [6.07, 6.45) is 1.56. The van der Waals surface area contributed by atoms with E-state index in [4.69, 9.17) is 9.47 Å². The second-order valence-corrected chi connectivity index (χ2v) is 9.00. The Morgan fingerprint density at radius 2 is 1.72 bits per heavy atom. The number of nitrogens with one attached hydrogen (secondary N) is 1. The maximum atomic E-state index is 12.1. The van der Waals surface area contributed by atoms with E-state index in [-0.39, 0.29) is 12.5 Å². The maximum Gasteiger partial charge on any atom is 0.262 e. The molecule has 1 fully saturated rings. The van der Waals surface area contributed by atoms with Crippen molar-refractivity contribution in [1.29, 1.82) is 0 Å². The van der Waals surface area contributed by atoms with Crippen molar-refractivity contribution in [3.8, 4) is 17.4 Å². The van der Waals surface area contributed by atoms with Crippen LogP contribution in [0.15, 0.2) is 72.9 Å². The van der Waals surface area contributed by atoms with Gasteiger partial charge in [-0.05, 0) is 35.9 Å². The predicted octanol–water partition coefficient (Wildman–Crippen LogP) is 5.37. The lowest BCUT2D eigenvalue weighted by Crippen LogP contribution is -2.20. The maximum absolute atomic E-state index is 12.1. The molecule has 1 N–H and O–H groups in total. The Hall–Kier alpha value is -2.64. The van der Waals surface area contributed by atoms with Gasteiger partial charge in [0.25, 0.3) is 5.91 Å². The van der Waals surface area contributed by atoms with Crippen LogP contribution in [-0.4, -0.2) is 29.0 Å². The summed E-state index contributed by atoms with van der Waals surface area (Å²) in [6.45, 7) is -0.0610. The fraction of sp³-hybridized carbons (Fsp3) is 0.182. The first kappa shape index (κ1) is 19.7. The molecule has 1 aliphatic rings. The van der Waals surface area contributed by atoms with Crippen molar-refractivity contribution in [1.82, 2.24) is 4.98 Å². The summed E-state index contributed by atoms with van der Waals surface area (Å²) in [7, 11) is 0. The molecule has 3 aromatic rings. The molecule has 29 heavy (non-hydrogen) atoms. The average Bonchev–Trinajstić information content (AvgIpc) is 3.30. The molecule has 148 valence electrons. The van der Waals surface area contributed by atoms with E-state index in [1.807, 2.05) is 66.0 Å². The molecule has 2 heterocycles. The third-order valence-corrected chi connectivity index (χ3v) is 7.23. The molecule has 0 radical (unpaired) electrons. The summed E-state index contributed by atoms with van der Waals surface area (Å²) >= 11 is 3.93. The molecule has 0 unspecified atom stereocenters. The van der Waals surface area contributed by atoms with Crippen LogP contribution in [0.3, 0.4) is 0 Å². The molecule has 1 aromatic heterocycles. The summed E-state index contributed by atoms with van der Waals surface area (Å²) in [5, 5.41) is 2.77. The molecular formula is C22H20N2O3S2. The number of ether oxygens (including phenoxy) is 2. The van der Waals surface area contributed by atoms with Crippen LogP contribution in [0, 0.1) is 0 Å². The van der Waals surface area contributed by atoms with Gasteiger partial charge in [0, 0.05) is 17.6 Å². The van der Waals surface area contributed by atoms with Gasteiger partial charge >= 0.3 is 0 Å². The van der Waals surface area contributed by atoms with Gasteiger partial charge in [0.2, 0.25) is 5.88 Å². The van der Waals surface area contributed by atoms with E-state index in [0.29, 0.717) is 27.6 Å². The minimum atomic E-state index is -0.241. The first-order valence-electron chi connectivity index (χ1n) is 9.21. The topological polar surface area (TPSA) is 60.5 Å². The van der Waals surface area contributed by atoms with E-state index in [1.165, 1.54) is 17.1 Å². The van der Waals surface area contributed by atoms with Gasteiger partial charge in [-0.2, -0.15) is 0 Å². The van der Waals surface area contributed by atoms with Crippen LogP contribution in [0.25, 0.3) is 0 Å². The quantitative estimate of drug-likeness (QED) is 0.550. The summed E-state index contributed by atoms with van der Waals surface area (Å²) in [4.78, 5) is 16.3. The van der Waals surface area contributed by atoms with Gasteiger partial charge in [0.05, 0.1) is 16.5 Å². The number of rotatable bonds is 7. The monoisotopic (exact) mass is 424 g/mol. The van der Waals surface area contributed by atoms with Crippen LogP contribution < -0.4 is 14.8 Å². The Labute approximate surface area is 178 Å². The van der Waals surface area contributed by atoms with Gasteiger partial charge in [0.15, 0.2) is 6.61 Å². The second-order valence-electron chi connectivity index (χ2n) is 6.28. The Morgan fingerprint density at radius 1 is 0.966 bits per heavy atom. The van der Waals surface area contributed by atoms with E-state index in [9.17, 15) is 4.79 Å². The number of benzene rings is 2. The minimum Gasteiger partial charge on any atom is -0.484 e. The zero-order valence-corrected chi connectivity index (χ0v) is 17.2. The molecule has 7 heteroatoms. The molecular weight excluding hydrogens is 404 g/mol. The number of pyridine rings is 1.